The maximum Gasteiger partial charge on any atom is 0.314 e. The molecule has 3 rings (SSSR count). The molecule has 0 aliphatic carbocycles. The zero-order valence-corrected chi connectivity index (χ0v) is 17.9. The molecule has 0 bridgehead atoms. The summed E-state index contributed by atoms with van der Waals surface area (Å²) in [4.78, 5) is 47.3. The average Bonchev–Trinajstić information content (AvgIpc) is 3.04. The van der Waals surface area contributed by atoms with E-state index in [0.29, 0.717) is 10.2 Å². The Kier molecular flexibility index (Phi) is 8.32. The first-order valence-electron chi connectivity index (χ1n) is 8.58. The van der Waals surface area contributed by atoms with E-state index in [4.69, 9.17) is 11.6 Å². The molecule has 1 aliphatic rings. The van der Waals surface area contributed by atoms with E-state index in [1.54, 1.807) is 6.07 Å². The van der Waals surface area contributed by atoms with Crippen LogP contribution in [0.2, 0.25) is 5.02 Å². The van der Waals surface area contributed by atoms with Crippen LogP contribution in [-0.2, 0) is 27.3 Å². The summed E-state index contributed by atoms with van der Waals surface area (Å²) in [5.41, 5.74) is 1.03. The van der Waals surface area contributed by atoms with Crippen LogP contribution in [0.25, 0.3) is 0 Å². The molecule has 0 unspecified atom stereocenters. The predicted molar refractivity (Wildman–Crippen MR) is 114 cm³/mol. The van der Waals surface area contributed by atoms with E-state index < -0.39 is 11.8 Å². The zero-order valence-electron chi connectivity index (χ0n) is 15.5. The fourth-order valence-electron chi connectivity index (χ4n) is 2.55. The van der Waals surface area contributed by atoms with Gasteiger partial charge in [0, 0.05) is 43.5 Å². The lowest BCUT2D eigenvalue weighted by molar-refractivity contribution is -0.136. The Morgan fingerprint density at radius 2 is 2.03 bits per heavy atom. The molecule has 3 heterocycles. The topological polar surface area (TPSA) is 116 Å². The van der Waals surface area contributed by atoms with Crippen LogP contribution in [0.5, 0.6) is 0 Å². The van der Waals surface area contributed by atoms with Gasteiger partial charge in [0.05, 0.1) is 10.7 Å². The van der Waals surface area contributed by atoms with Gasteiger partial charge in [0.25, 0.3) is 0 Å². The Hall–Kier alpha value is -2.27. The van der Waals surface area contributed by atoms with Gasteiger partial charge in [-0.15, -0.1) is 23.7 Å². The van der Waals surface area contributed by atoms with Crippen molar-refractivity contribution >= 4 is 64.0 Å². The van der Waals surface area contributed by atoms with Crippen LogP contribution in [0, 0.1) is 0 Å². The number of carbonyl (C=O) groups excluding carboxylic acids is 3. The smallest absolute Gasteiger partial charge is 0.314 e. The largest absolute Gasteiger partial charge is 0.347 e. The molecule has 0 spiro atoms. The van der Waals surface area contributed by atoms with Gasteiger partial charge in [0.2, 0.25) is 5.91 Å². The number of halogens is 2. The number of nitrogens with one attached hydrogen (secondary N) is 3. The van der Waals surface area contributed by atoms with Crippen LogP contribution in [-0.4, -0.2) is 52.7 Å². The SMILES string of the molecule is CN1CCc2nc(NC(=O)CCNC(=O)C(=O)Nc3ccc(Cl)cn3)sc2C1.Cl. The Balaban J connectivity index is 0.00000300. The average molecular weight is 459 g/mol. The van der Waals surface area contributed by atoms with Crippen molar-refractivity contribution in [2.45, 2.75) is 19.4 Å². The molecule has 0 atom stereocenters. The third kappa shape index (κ3) is 6.64. The van der Waals surface area contributed by atoms with Crippen LogP contribution in [0.3, 0.4) is 0 Å². The Bertz CT molecular complexity index is 890. The van der Waals surface area contributed by atoms with Crippen molar-refractivity contribution in [2.24, 2.45) is 0 Å². The quantitative estimate of drug-likeness (QED) is 0.586. The van der Waals surface area contributed by atoms with E-state index in [1.165, 1.54) is 23.6 Å². The summed E-state index contributed by atoms with van der Waals surface area (Å²) in [5, 5.41) is 8.46. The summed E-state index contributed by atoms with van der Waals surface area (Å²) >= 11 is 7.17. The van der Waals surface area contributed by atoms with Gasteiger partial charge in [-0.3, -0.25) is 14.4 Å². The number of anilines is 2. The van der Waals surface area contributed by atoms with E-state index in [0.717, 1.165) is 30.1 Å². The van der Waals surface area contributed by atoms with Crippen molar-refractivity contribution < 1.29 is 14.4 Å². The molecule has 0 fully saturated rings. The summed E-state index contributed by atoms with van der Waals surface area (Å²) in [6, 6.07) is 3.02. The zero-order chi connectivity index (χ0) is 20.1. The van der Waals surface area contributed by atoms with Gasteiger partial charge in [-0.2, -0.15) is 0 Å². The van der Waals surface area contributed by atoms with Crippen LogP contribution in [0.4, 0.5) is 10.9 Å². The summed E-state index contributed by atoms with van der Waals surface area (Å²) < 4.78 is 0. The third-order valence-electron chi connectivity index (χ3n) is 3.98. The van der Waals surface area contributed by atoms with Gasteiger partial charge in [0.15, 0.2) is 5.13 Å². The standard InChI is InChI=1S/C17H19ClN6O3S.ClH/c1-24-7-5-11-12(9-24)28-17(21-11)23-14(25)4-6-19-15(26)16(27)22-13-3-2-10(18)8-20-13;/h2-3,8H,4-7,9H2,1H3,(H,19,26)(H,20,22,27)(H,21,23,25);1H. The van der Waals surface area contributed by atoms with Gasteiger partial charge in [0.1, 0.15) is 5.82 Å². The Morgan fingerprint density at radius 3 is 2.76 bits per heavy atom. The fraction of sp³-hybridized carbons (Fsp3) is 0.353. The second-order valence-electron chi connectivity index (χ2n) is 6.25. The van der Waals surface area contributed by atoms with Crippen molar-refractivity contribution in [3.8, 4) is 0 Å². The maximum absolute atomic E-state index is 12.0. The van der Waals surface area contributed by atoms with E-state index >= 15 is 0 Å². The lowest BCUT2D eigenvalue weighted by atomic mass is 10.2. The number of carbonyl (C=O) groups is 3. The third-order valence-corrected chi connectivity index (χ3v) is 5.20. The number of nitrogens with zero attached hydrogens (tertiary/aromatic N) is 3. The highest BCUT2D eigenvalue weighted by atomic mass is 35.5. The van der Waals surface area contributed by atoms with Crippen molar-refractivity contribution in [3.05, 3.63) is 33.9 Å². The lowest BCUT2D eigenvalue weighted by Crippen LogP contribution is -2.37. The van der Waals surface area contributed by atoms with Crippen molar-refractivity contribution in [1.29, 1.82) is 0 Å². The number of thiazole rings is 1. The van der Waals surface area contributed by atoms with Crippen LogP contribution >= 0.6 is 35.3 Å². The molecule has 12 heteroatoms. The summed E-state index contributed by atoms with van der Waals surface area (Å²) in [7, 11) is 2.04. The molecule has 29 heavy (non-hydrogen) atoms. The molecule has 0 aromatic carbocycles. The number of rotatable bonds is 5. The van der Waals surface area contributed by atoms with Crippen molar-refractivity contribution in [1.82, 2.24) is 20.2 Å². The number of hydrogen-bond donors (Lipinski definition) is 3. The molecular formula is C17H20Cl2N6O3S. The first-order chi connectivity index (χ1) is 13.4. The first-order valence-corrected chi connectivity index (χ1v) is 9.78. The van der Waals surface area contributed by atoms with Crippen LogP contribution in [0.1, 0.15) is 17.0 Å². The monoisotopic (exact) mass is 458 g/mol. The highest BCUT2D eigenvalue weighted by Gasteiger charge is 2.19. The minimum Gasteiger partial charge on any atom is -0.347 e. The summed E-state index contributed by atoms with van der Waals surface area (Å²) in [5.74, 6) is -1.79. The second kappa shape index (κ2) is 10.5. The summed E-state index contributed by atoms with van der Waals surface area (Å²) in [6.45, 7) is 1.81. The van der Waals surface area contributed by atoms with Crippen LogP contribution < -0.4 is 16.0 Å². The molecule has 2 aromatic rings. The fourth-order valence-corrected chi connectivity index (χ4v) is 3.77. The molecule has 3 N–H and O–H groups in total. The van der Waals surface area contributed by atoms with Gasteiger partial charge in [-0.1, -0.05) is 11.6 Å². The van der Waals surface area contributed by atoms with Crippen LogP contribution in [0.15, 0.2) is 18.3 Å². The number of fused-ring (bicyclic) bond motifs is 1. The molecule has 9 nitrogen and oxygen atoms in total. The molecule has 3 amide bonds. The number of aromatic nitrogens is 2. The van der Waals surface area contributed by atoms with Gasteiger partial charge in [-0.05, 0) is 19.2 Å². The highest BCUT2D eigenvalue weighted by Crippen LogP contribution is 2.27. The number of pyridine rings is 1. The highest BCUT2D eigenvalue weighted by molar-refractivity contribution is 7.15. The van der Waals surface area contributed by atoms with E-state index in [-0.39, 0.29) is 37.1 Å². The first kappa shape index (κ1) is 23.0. The van der Waals surface area contributed by atoms with Gasteiger partial charge < -0.3 is 20.9 Å². The molecule has 0 saturated carbocycles. The van der Waals surface area contributed by atoms with Crippen molar-refractivity contribution in [3.63, 3.8) is 0 Å². The molecule has 156 valence electrons. The minimum absolute atomic E-state index is 0. The summed E-state index contributed by atoms with van der Waals surface area (Å²) in [6.07, 6.45) is 2.25. The van der Waals surface area contributed by atoms with Gasteiger partial charge in [-0.25, -0.2) is 9.97 Å². The van der Waals surface area contributed by atoms with E-state index in [1.807, 2.05) is 7.05 Å². The van der Waals surface area contributed by atoms with E-state index in [9.17, 15) is 14.4 Å². The van der Waals surface area contributed by atoms with E-state index in [2.05, 4.69) is 30.8 Å². The predicted octanol–water partition coefficient (Wildman–Crippen LogP) is 1.68. The Labute approximate surface area is 182 Å². The van der Waals surface area contributed by atoms with Crippen molar-refractivity contribution in [2.75, 3.05) is 30.8 Å². The Morgan fingerprint density at radius 1 is 1.24 bits per heavy atom. The minimum atomic E-state index is -0.869. The molecular weight excluding hydrogens is 439 g/mol. The molecule has 2 aromatic heterocycles. The number of likely N-dealkylation sites (N-methyl/N-ethyl adjacent to an activating group) is 1. The number of hydrogen-bond acceptors (Lipinski definition) is 7. The van der Waals surface area contributed by atoms with Gasteiger partial charge >= 0.3 is 11.8 Å². The molecule has 0 radical (unpaired) electrons. The normalized spacial score (nSPS) is 13.0. The second-order valence-corrected chi connectivity index (χ2v) is 7.77. The molecule has 0 saturated heterocycles. The maximum atomic E-state index is 12.0. The molecule has 1 aliphatic heterocycles. The lowest BCUT2D eigenvalue weighted by Gasteiger charge is -2.20. The number of amides is 3.